The molecule has 2 N–H and O–H groups in total. The van der Waals surface area contributed by atoms with Crippen molar-refractivity contribution in [3.8, 4) is 0 Å². The number of rotatable bonds is 20. The molecule has 0 aromatic carbocycles. The number of ether oxygens (including phenoxy) is 2. The topological polar surface area (TPSA) is 93.1 Å². The zero-order valence-corrected chi connectivity index (χ0v) is 19.2. The van der Waals surface area contributed by atoms with Crippen molar-refractivity contribution >= 4 is 11.9 Å². The Labute approximate surface area is 183 Å². The Balaban J connectivity index is 3.40. The van der Waals surface area contributed by atoms with E-state index in [-0.39, 0.29) is 19.2 Å². The second kappa shape index (κ2) is 20.9. The minimum atomic E-state index is -1.24. The number of esters is 2. The lowest BCUT2D eigenvalue weighted by Gasteiger charge is -2.12. The van der Waals surface area contributed by atoms with Crippen LogP contribution < -0.4 is 0 Å². The van der Waals surface area contributed by atoms with Crippen molar-refractivity contribution in [3.63, 3.8) is 0 Å². The summed E-state index contributed by atoms with van der Waals surface area (Å²) < 4.78 is 9.62. The van der Waals surface area contributed by atoms with Crippen LogP contribution in [0.4, 0.5) is 0 Å². The third-order valence-electron chi connectivity index (χ3n) is 4.84. The second-order valence-electron chi connectivity index (χ2n) is 7.98. The molecule has 176 valence electrons. The maximum absolute atomic E-state index is 11.6. The van der Waals surface area contributed by atoms with Crippen LogP contribution in [0.3, 0.4) is 0 Å². The van der Waals surface area contributed by atoms with E-state index in [4.69, 9.17) is 9.84 Å². The Hall–Kier alpha value is -1.40. The van der Waals surface area contributed by atoms with Gasteiger partial charge in [0.25, 0.3) is 0 Å². The van der Waals surface area contributed by atoms with E-state index in [2.05, 4.69) is 23.8 Å². The Kier molecular flexibility index (Phi) is 19.9. The molecule has 6 heteroatoms. The summed E-state index contributed by atoms with van der Waals surface area (Å²) in [5.41, 5.74) is 0. The minimum Gasteiger partial charge on any atom is -0.463 e. The molecule has 0 radical (unpaired) electrons. The fraction of sp³-hybridized carbons (Fsp3) is 0.833. The largest absolute Gasteiger partial charge is 0.463 e. The number of carbonyl (C=O) groups is 2. The summed E-state index contributed by atoms with van der Waals surface area (Å²) in [7, 11) is 0. The number of carbonyl (C=O) groups excluding carboxylic acids is 2. The maximum Gasteiger partial charge on any atom is 0.334 e. The summed E-state index contributed by atoms with van der Waals surface area (Å²) in [6.07, 6.45) is 18.3. The van der Waals surface area contributed by atoms with Crippen LogP contribution in [0.2, 0.25) is 0 Å². The summed E-state index contributed by atoms with van der Waals surface area (Å²) in [5.74, 6) is -1.16. The Morgan fingerprint density at radius 3 is 1.83 bits per heavy atom. The van der Waals surface area contributed by atoms with Gasteiger partial charge in [-0.2, -0.15) is 0 Å². The minimum absolute atomic E-state index is 0.211. The molecule has 0 aromatic rings. The van der Waals surface area contributed by atoms with Crippen molar-refractivity contribution in [3.05, 3.63) is 12.2 Å². The molecule has 2 atom stereocenters. The van der Waals surface area contributed by atoms with Crippen LogP contribution in [0.5, 0.6) is 0 Å². The van der Waals surface area contributed by atoms with Gasteiger partial charge >= 0.3 is 11.9 Å². The maximum atomic E-state index is 11.6. The quantitative estimate of drug-likeness (QED) is 0.164. The number of aliphatic hydroxyl groups excluding tert-OH is 2. The summed E-state index contributed by atoms with van der Waals surface area (Å²) in [4.78, 5) is 22.7. The molecule has 0 bridgehead atoms. The van der Waals surface area contributed by atoms with Crippen LogP contribution in [-0.4, -0.2) is 47.6 Å². The Morgan fingerprint density at radius 2 is 1.27 bits per heavy atom. The van der Waals surface area contributed by atoms with E-state index in [9.17, 15) is 14.7 Å². The molecule has 0 rings (SSSR count). The third kappa shape index (κ3) is 19.9. The van der Waals surface area contributed by atoms with Gasteiger partial charge in [-0.05, 0) is 39.0 Å². The number of hydrogen-bond donors (Lipinski definition) is 2. The number of unbranched alkanes of at least 4 members (excludes halogenated alkanes) is 11. The second-order valence-corrected chi connectivity index (χ2v) is 7.98. The molecule has 0 saturated carbocycles. The highest BCUT2D eigenvalue weighted by molar-refractivity contribution is 5.73. The van der Waals surface area contributed by atoms with Gasteiger partial charge in [0.1, 0.15) is 25.4 Å². The summed E-state index contributed by atoms with van der Waals surface area (Å²) in [6, 6.07) is 0. The molecular formula is C24H44O6. The molecule has 0 aromatic heterocycles. The van der Waals surface area contributed by atoms with Crippen LogP contribution in [0.15, 0.2) is 12.2 Å². The SMILES string of the molecule is CCCCCCCC/C=C\CCCCCCCC(=O)OCC(O)COC(=O)C(C)O. The smallest absolute Gasteiger partial charge is 0.334 e. The first-order valence-electron chi connectivity index (χ1n) is 11.8. The summed E-state index contributed by atoms with van der Waals surface area (Å²) >= 11 is 0. The van der Waals surface area contributed by atoms with Gasteiger partial charge in [0.2, 0.25) is 0 Å². The van der Waals surface area contributed by atoms with Crippen molar-refractivity contribution in [2.24, 2.45) is 0 Å². The van der Waals surface area contributed by atoms with Crippen LogP contribution in [0.25, 0.3) is 0 Å². The van der Waals surface area contributed by atoms with E-state index in [0.29, 0.717) is 6.42 Å². The molecule has 30 heavy (non-hydrogen) atoms. The molecule has 6 nitrogen and oxygen atoms in total. The Bertz CT molecular complexity index is 447. The van der Waals surface area contributed by atoms with Gasteiger partial charge in [-0.25, -0.2) is 4.79 Å². The first kappa shape index (κ1) is 28.6. The molecule has 0 fully saturated rings. The number of aliphatic hydroxyl groups is 2. The highest BCUT2D eigenvalue weighted by atomic mass is 16.6. The van der Waals surface area contributed by atoms with Crippen molar-refractivity contribution in [2.45, 2.75) is 116 Å². The first-order valence-corrected chi connectivity index (χ1v) is 11.8. The molecule has 0 aliphatic carbocycles. The summed E-state index contributed by atoms with van der Waals surface area (Å²) in [5, 5.41) is 18.6. The number of allylic oxidation sites excluding steroid dienone is 2. The Morgan fingerprint density at radius 1 is 0.767 bits per heavy atom. The fourth-order valence-corrected chi connectivity index (χ4v) is 2.95. The molecule has 0 aliphatic heterocycles. The van der Waals surface area contributed by atoms with Crippen molar-refractivity contribution < 1.29 is 29.3 Å². The molecule has 0 heterocycles. The van der Waals surface area contributed by atoms with Crippen molar-refractivity contribution in [1.29, 1.82) is 0 Å². The average molecular weight is 429 g/mol. The van der Waals surface area contributed by atoms with Crippen LogP contribution in [-0.2, 0) is 19.1 Å². The van der Waals surface area contributed by atoms with Crippen LogP contribution in [0.1, 0.15) is 104 Å². The van der Waals surface area contributed by atoms with Gasteiger partial charge < -0.3 is 19.7 Å². The van der Waals surface area contributed by atoms with E-state index in [0.717, 1.165) is 25.7 Å². The average Bonchev–Trinajstić information content (AvgIpc) is 2.73. The van der Waals surface area contributed by atoms with Gasteiger partial charge in [-0.15, -0.1) is 0 Å². The molecular weight excluding hydrogens is 384 g/mol. The van der Waals surface area contributed by atoms with Crippen molar-refractivity contribution in [2.75, 3.05) is 13.2 Å². The lowest BCUT2D eigenvalue weighted by molar-refractivity contribution is -0.158. The lowest BCUT2D eigenvalue weighted by Crippen LogP contribution is -2.28. The highest BCUT2D eigenvalue weighted by Crippen LogP contribution is 2.10. The van der Waals surface area contributed by atoms with Crippen molar-refractivity contribution in [1.82, 2.24) is 0 Å². The van der Waals surface area contributed by atoms with E-state index in [1.165, 1.54) is 64.7 Å². The van der Waals surface area contributed by atoms with Crippen LogP contribution in [0, 0.1) is 0 Å². The standard InChI is InChI=1S/C24H44O6/c1-3-4-5-6-7-8-9-10-11-12-13-14-15-16-17-18-23(27)29-19-22(26)20-30-24(28)21(2)25/h10-11,21-22,25-26H,3-9,12-20H2,1-2H3/b11-10-. The molecule has 0 aliphatic rings. The monoisotopic (exact) mass is 428 g/mol. The molecule has 0 amide bonds. The zero-order valence-electron chi connectivity index (χ0n) is 19.2. The molecule has 0 saturated heterocycles. The van der Waals surface area contributed by atoms with E-state index < -0.39 is 18.2 Å². The zero-order chi connectivity index (χ0) is 22.5. The van der Waals surface area contributed by atoms with Gasteiger partial charge in [0.15, 0.2) is 0 Å². The fourth-order valence-electron chi connectivity index (χ4n) is 2.95. The van der Waals surface area contributed by atoms with Gasteiger partial charge in [0.05, 0.1) is 0 Å². The van der Waals surface area contributed by atoms with Crippen LogP contribution >= 0.6 is 0 Å². The van der Waals surface area contributed by atoms with Gasteiger partial charge in [-0.1, -0.05) is 70.4 Å². The molecule has 0 spiro atoms. The highest BCUT2D eigenvalue weighted by Gasteiger charge is 2.14. The third-order valence-corrected chi connectivity index (χ3v) is 4.84. The lowest BCUT2D eigenvalue weighted by atomic mass is 10.1. The predicted octanol–water partition coefficient (Wildman–Crippen LogP) is 4.85. The van der Waals surface area contributed by atoms with E-state index in [1.807, 2.05) is 0 Å². The van der Waals surface area contributed by atoms with Gasteiger partial charge in [-0.3, -0.25) is 4.79 Å². The van der Waals surface area contributed by atoms with Gasteiger partial charge in [0, 0.05) is 6.42 Å². The van der Waals surface area contributed by atoms with E-state index in [1.54, 1.807) is 0 Å². The predicted molar refractivity (Wildman–Crippen MR) is 119 cm³/mol. The summed E-state index contributed by atoms with van der Waals surface area (Å²) in [6.45, 7) is 3.01. The molecule has 2 unspecified atom stereocenters. The first-order chi connectivity index (χ1) is 14.5. The normalized spacial score (nSPS) is 13.3. The van der Waals surface area contributed by atoms with E-state index >= 15 is 0 Å². The number of hydrogen-bond acceptors (Lipinski definition) is 6.